The van der Waals surface area contributed by atoms with Gasteiger partial charge in [-0.2, -0.15) is 8.61 Å². The Balaban J connectivity index is 1.05. The second kappa shape index (κ2) is 14.4. The lowest BCUT2D eigenvalue weighted by atomic mass is 9.87. The maximum Gasteiger partial charge on any atom is 0.244 e. The van der Waals surface area contributed by atoms with Gasteiger partial charge in [-0.25, -0.2) is 21.8 Å². The van der Waals surface area contributed by atoms with E-state index in [1.165, 1.54) is 18.7 Å². The maximum atomic E-state index is 13.2. The van der Waals surface area contributed by atoms with E-state index < -0.39 is 20.0 Å². The van der Waals surface area contributed by atoms with Crippen molar-refractivity contribution in [1.82, 2.24) is 18.5 Å². The molecule has 44 heavy (non-hydrogen) atoms. The Morgan fingerprint density at radius 1 is 0.841 bits per heavy atom. The minimum absolute atomic E-state index is 0.168. The van der Waals surface area contributed by atoms with E-state index >= 15 is 0 Å². The van der Waals surface area contributed by atoms with Crippen molar-refractivity contribution in [3.63, 3.8) is 0 Å². The Kier molecular flexibility index (Phi) is 11.3. The van der Waals surface area contributed by atoms with E-state index in [1.54, 1.807) is 20.7 Å². The SMILES string of the molecule is CN(C)C1CCN(S(=O)(=O)c2ccc(N3CCC(CCCC4CCN(S(=O)(=O)c5cnc(Cl)c(Br)c5)CC4)CC3)c(Cl)c2)C1. The molecule has 1 aromatic heterocycles. The molecule has 0 radical (unpaired) electrons. The molecular formula is C30H42BrCl2N5O4S2. The average Bonchev–Trinajstić information content (AvgIpc) is 3.51. The van der Waals surface area contributed by atoms with Crippen molar-refractivity contribution in [3.8, 4) is 0 Å². The predicted octanol–water partition coefficient (Wildman–Crippen LogP) is 5.96. The Morgan fingerprint density at radius 3 is 2.00 bits per heavy atom. The highest BCUT2D eigenvalue weighted by atomic mass is 79.9. The first-order valence-corrected chi connectivity index (χ1v) is 19.8. The third-order valence-electron chi connectivity index (χ3n) is 9.58. The van der Waals surface area contributed by atoms with Crippen LogP contribution in [0.2, 0.25) is 10.2 Å². The maximum absolute atomic E-state index is 13.2. The lowest BCUT2D eigenvalue weighted by Crippen LogP contribution is -2.38. The molecule has 0 spiro atoms. The van der Waals surface area contributed by atoms with Crippen molar-refractivity contribution >= 4 is 64.9 Å². The number of hydrogen-bond donors (Lipinski definition) is 0. The lowest BCUT2D eigenvalue weighted by Gasteiger charge is -2.35. The van der Waals surface area contributed by atoms with Crippen molar-refractivity contribution in [3.05, 3.63) is 45.1 Å². The van der Waals surface area contributed by atoms with Crippen LogP contribution in [-0.2, 0) is 20.0 Å². The summed E-state index contributed by atoms with van der Waals surface area (Å²) in [5.41, 5.74) is 0.903. The van der Waals surface area contributed by atoms with E-state index in [2.05, 4.69) is 30.7 Å². The Bertz CT molecular complexity index is 1530. The van der Waals surface area contributed by atoms with Crippen molar-refractivity contribution in [2.45, 2.75) is 67.2 Å². The molecule has 3 aliphatic rings. The molecule has 9 nitrogen and oxygen atoms in total. The van der Waals surface area contributed by atoms with Crippen molar-refractivity contribution in [1.29, 1.82) is 0 Å². The lowest BCUT2D eigenvalue weighted by molar-refractivity contribution is 0.252. The van der Waals surface area contributed by atoms with Gasteiger partial charge in [0.25, 0.3) is 0 Å². The van der Waals surface area contributed by atoms with Gasteiger partial charge in [-0.15, -0.1) is 0 Å². The molecule has 1 unspecified atom stereocenters. The van der Waals surface area contributed by atoms with Gasteiger partial charge in [-0.05, 0) is 98.2 Å². The number of halogens is 3. The van der Waals surface area contributed by atoms with Crippen LogP contribution in [0.1, 0.15) is 51.4 Å². The second-order valence-electron chi connectivity index (χ2n) is 12.5. The first-order chi connectivity index (χ1) is 20.9. The molecule has 5 rings (SSSR count). The fourth-order valence-electron chi connectivity index (χ4n) is 6.69. The zero-order valence-corrected chi connectivity index (χ0v) is 30.1. The van der Waals surface area contributed by atoms with Gasteiger partial charge in [-0.1, -0.05) is 42.5 Å². The van der Waals surface area contributed by atoms with E-state index in [4.69, 9.17) is 23.2 Å². The monoisotopic (exact) mass is 749 g/mol. The molecule has 1 aromatic carbocycles. The summed E-state index contributed by atoms with van der Waals surface area (Å²) < 4.78 is 56.2. The molecule has 1 atom stereocenters. The molecule has 3 fully saturated rings. The minimum atomic E-state index is -3.58. The standard InChI is InChI=1S/C30H42BrCl2N5O4S2/c1-35(2)24-12-17-38(21-24)43(39,40)25-6-7-29(28(32)19-25)36-13-8-22(9-14-36)4-3-5-23-10-15-37(16-11-23)44(41,42)26-18-27(31)30(33)34-20-26/h6-7,18-20,22-24H,3-5,8-17,21H2,1-2H3. The number of sulfonamides is 2. The van der Waals surface area contributed by atoms with Gasteiger partial charge in [0.1, 0.15) is 10.0 Å². The summed E-state index contributed by atoms with van der Waals surface area (Å²) >= 11 is 15.9. The molecule has 14 heteroatoms. The van der Waals surface area contributed by atoms with Gasteiger partial charge in [0, 0.05) is 51.5 Å². The van der Waals surface area contributed by atoms with Crippen LogP contribution in [0.4, 0.5) is 5.69 Å². The highest BCUT2D eigenvalue weighted by molar-refractivity contribution is 9.10. The zero-order valence-electron chi connectivity index (χ0n) is 25.3. The van der Waals surface area contributed by atoms with Gasteiger partial charge >= 0.3 is 0 Å². The summed E-state index contributed by atoms with van der Waals surface area (Å²) in [7, 11) is -3.18. The smallest absolute Gasteiger partial charge is 0.244 e. The summed E-state index contributed by atoms with van der Waals surface area (Å²) in [6.07, 6.45) is 9.50. The van der Waals surface area contributed by atoms with Crippen LogP contribution in [0, 0.1) is 11.8 Å². The molecule has 0 bridgehead atoms. The fourth-order valence-corrected chi connectivity index (χ4v) is 10.6. The summed E-state index contributed by atoms with van der Waals surface area (Å²) in [6, 6.07) is 6.94. The zero-order chi connectivity index (χ0) is 31.6. The number of pyridine rings is 1. The Hall–Kier alpha value is -0.990. The van der Waals surface area contributed by atoms with Crippen LogP contribution in [-0.4, -0.2) is 94.7 Å². The number of benzene rings is 1. The number of anilines is 1. The van der Waals surface area contributed by atoms with Gasteiger partial charge in [-0.3, -0.25) is 0 Å². The third-order valence-corrected chi connectivity index (χ3v) is 14.7. The van der Waals surface area contributed by atoms with Gasteiger partial charge in [0.05, 0.1) is 20.1 Å². The highest BCUT2D eigenvalue weighted by Gasteiger charge is 2.34. The fraction of sp³-hybridized carbons (Fsp3) is 0.633. The molecule has 4 heterocycles. The first-order valence-electron chi connectivity index (χ1n) is 15.4. The van der Waals surface area contributed by atoms with Gasteiger partial charge in [0.15, 0.2) is 0 Å². The third kappa shape index (κ3) is 7.75. The summed E-state index contributed by atoms with van der Waals surface area (Å²) in [6.45, 7) is 3.89. The topological polar surface area (TPSA) is 94.1 Å². The molecule has 244 valence electrons. The number of piperidine rings is 2. The molecule has 2 aromatic rings. The van der Waals surface area contributed by atoms with E-state index in [1.807, 2.05) is 20.2 Å². The second-order valence-corrected chi connectivity index (χ2v) is 18.0. The van der Waals surface area contributed by atoms with Gasteiger partial charge < -0.3 is 9.80 Å². The molecule has 0 amide bonds. The van der Waals surface area contributed by atoms with Gasteiger partial charge in [0.2, 0.25) is 20.0 Å². The number of likely N-dealkylation sites (N-methyl/N-ethyl adjacent to an activating group) is 1. The molecular weight excluding hydrogens is 709 g/mol. The van der Waals surface area contributed by atoms with E-state index in [9.17, 15) is 16.8 Å². The minimum Gasteiger partial charge on any atom is -0.370 e. The largest absolute Gasteiger partial charge is 0.370 e. The number of aromatic nitrogens is 1. The summed E-state index contributed by atoms with van der Waals surface area (Å²) in [5, 5.41) is 0.733. The van der Waals surface area contributed by atoms with Crippen LogP contribution < -0.4 is 4.90 Å². The molecule has 0 aliphatic carbocycles. The molecule has 3 aliphatic heterocycles. The Morgan fingerprint density at radius 2 is 1.43 bits per heavy atom. The molecule has 0 saturated carbocycles. The predicted molar refractivity (Wildman–Crippen MR) is 180 cm³/mol. The van der Waals surface area contributed by atoms with E-state index in [-0.39, 0.29) is 21.0 Å². The van der Waals surface area contributed by atoms with E-state index in [0.29, 0.717) is 47.5 Å². The summed E-state index contributed by atoms with van der Waals surface area (Å²) in [4.78, 5) is 8.76. The van der Waals surface area contributed by atoms with Crippen molar-refractivity contribution in [2.75, 3.05) is 58.3 Å². The first kappa shape index (κ1) is 34.3. The van der Waals surface area contributed by atoms with Crippen molar-refractivity contribution in [2.24, 2.45) is 11.8 Å². The van der Waals surface area contributed by atoms with Crippen LogP contribution in [0.5, 0.6) is 0 Å². The van der Waals surface area contributed by atoms with E-state index in [0.717, 1.165) is 63.7 Å². The van der Waals surface area contributed by atoms with Crippen LogP contribution >= 0.6 is 39.1 Å². The van der Waals surface area contributed by atoms with Crippen LogP contribution in [0.3, 0.4) is 0 Å². The number of rotatable bonds is 10. The average molecular weight is 752 g/mol. The Labute approximate surface area is 281 Å². The molecule has 0 N–H and O–H groups in total. The van der Waals surface area contributed by atoms with Crippen LogP contribution in [0.15, 0.2) is 44.7 Å². The molecule has 3 saturated heterocycles. The van der Waals surface area contributed by atoms with Crippen molar-refractivity contribution < 1.29 is 16.8 Å². The van der Waals surface area contributed by atoms with Crippen LogP contribution in [0.25, 0.3) is 0 Å². The number of nitrogens with zero attached hydrogens (tertiary/aromatic N) is 5. The highest BCUT2D eigenvalue weighted by Crippen LogP contribution is 2.35. The normalized spacial score (nSPS) is 21.9. The summed E-state index contributed by atoms with van der Waals surface area (Å²) in [5.74, 6) is 1.19. The number of hydrogen-bond acceptors (Lipinski definition) is 7. The quantitative estimate of drug-likeness (QED) is 0.277.